The first-order valence-electron chi connectivity index (χ1n) is 5.25. The van der Waals surface area contributed by atoms with Gasteiger partial charge in [0, 0.05) is 18.4 Å². The summed E-state index contributed by atoms with van der Waals surface area (Å²) in [6, 6.07) is 1.62. The standard InChI is InChI=1S/C10H15N3O2S/c1-8-5-6-11-10(12-8)9-4-3-7-13(9)16(2,14)15/h5-6,9H,3-4,7H2,1-2H3. The maximum atomic E-state index is 11.6. The summed E-state index contributed by atoms with van der Waals surface area (Å²) in [5, 5.41) is 0. The van der Waals surface area contributed by atoms with Crippen molar-refractivity contribution in [1.82, 2.24) is 14.3 Å². The molecule has 1 aliphatic heterocycles. The fraction of sp³-hybridized carbons (Fsp3) is 0.600. The second-order valence-electron chi connectivity index (χ2n) is 4.09. The van der Waals surface area contributed by atoms with E-state index in [4.69, 9.17) is 0 Å². The Hall–Kier alpha value is -1.01. The third-order valence-corrected chi connectivity index (χ3v) is 4.03. The minimum absolute atomic E-state index is 0.185. The summed E-state index contributed by atoms with van der Waals surface area (Å²) >= 11 is 0. The molecule has 1 aromatic rings. The fourth-order valence-corrected chi connectivity index (χ4v) is 3.15. The molecule has 0 amide bonds. The second-order valence-corrected chi connectivity index (χ2v) is 6.02. The van der Waals surface area contributed by atoms with Crippen molar-refractivity contribution in [3.05, 3.63) is 23.8 Å². The maximum Gasteiger partial charge on any atom is 0.211 e. The molecular weight excluding hydrogens is 226 g/mol. The summed E-state index contributed by atoms with van der Waals surface area (Å²) in [5.74, 6) is 0.614. The lowest BCUT2D eigenvalue weighted by Crippen LogP contribution is -2.30. The molecule has 88 valence electrons. The van der Waals surface area contributed by atoms with E-state index < -0.39 is 10.0 Å². The molecule has 16 heavy (non-hydrogen) atoms. The molecule has 1 saturated heterocycles. The molecule has 0 aliphatic carbocycles. The quantitative estimate of drug-likeness (QED) is 0.771. The molecule has 0 bridgehead atoms. The summed E-state index contributed by atoms with van der Waals surface area (Å²) < 4.78 is 24.6. The van der Waals surface area contributed by atoms with Gasteiger partial charge < -0.3 is 0 Å². The number of hydrogen-bond acceptors (Lipinski definition) is 4. The van der Waals surface area contributed by atoms with Crippen LogP contribution in [0.2, 0.25) is 0 Å². The first kappa shape index (κ1) is 11.5. The minimum atomic E-state index is -3.16. The largest absolute Gasteiger partial charge is 0.240 e. The highest BCUT2D eigenvalue weighted by atomic mass is 32.2. The van der Waals surface area contributed by atoms with Gasteiger partial charge in [-0.15, -0.1) is 0 Å². The molecule has 1 atom stereocenters. The minimum Gasteiger partial charge on any atom is -0.240 e. The van der Waals surface area contributed by atoms with Crippen molar-refractivity contribution in [1.29, 1.82) is 0 Å². The van der Waals surface area contributed by atoms with Gasteiger partial charge >= 0.3 is 0 Å². The summed E-state index contributed by atoms with van der Waals surface area (Å²) in [7, 11) is -3.16. The highest BCUT2D eigenvalue weighted by molar-refractivity contribution is 7.88. The van der Waals surface area contributed by atoms with E-state index >= 15 is 0 Å². The van der Waals surface area contributed by atoms with E-state index in [0.717, 1.165) is 18.5 Å². The van der Waals surface area contributed by atoms with Gasteiger partial charge in [-0.25, -0.2) is 18.4 Å². The Kier molecular flexibility index (Phi) is 2.94. The molecule has 0 saturated carbocycles. The number of rotatable bonds is 2. The van der Waals surface area contributed by atoms with Crippen molar-refractivity contribution in [2.75, 3.05) is 12.8 Å². The lowest BCUT2D eigenvalue weighted by molar-refractivity contribution is 0.386. The summed E-state index contributed by atoms with van der Waals surface area (Å²) in [6.07, 6.45) is 4.59. The molecule has 2 heterocycles. The van der Waals surface area contributed by atoms with Crippen molar-refractivity contribution < 1.29 is 8.42 Å². The van der Waals surface area contributed by atoms with E-state index in [-0.39, 0.29) is 6.04 Å². The molecule has 0 N–H and O–H groups in total. The average Bonchev–Trinajstić information content (AvgIpc) is 2.65. The van der Waals surface area contributed by atoms with Crippen LogP contribution in [0, 0.1) is 6.92 Å². The smallest absolute Gasteiger partial charge is 0.211 e. The van der Waals surface area contributed by atoms with Gasteiger partial charge in [0.25, 0.3) is 0 Å². The molecule has 5 nitrogen and oxygen atoms in total. The Balaban J connectivity index is 2.34. The Labute approximate surface area is 95.6 Å². The Morgan fingerprint density at radius 2 is 2.25 bits per heavy atom. The Morgan fingerprint density at radius 3 is 2.88 bits per heavy atom. The zero-order valence-electron chi connectivity index (χ0n) is 9.42. The number of aryl methyl sites for hydroxylation is 1. The van der Waals surface area contributed by atoms with Gasteiger partial charge in [0.1, 0.15) is 5.82 Å². The van der Waals surface area contributed by atoms with Gasteiger partial charge in [-0.05, 0) is 25.8 Å². The Bertz CT molecular complexity index is 487. The highest BCUT2D eigenvalue weighted by Crippen LogP contribution is 2.31. The van der Waals surface area contributed by atoms with Crippen LogP contribution in [0.15, 0.2) is 12.3 Å². The predicted octanol–water partition coefficient (Wildman–Crippen LogP) is 0.882. The van der Waals surface area contributed by atoms with Gasteiger partial charge in [0.15, 0.2) is 0 Å². The number of hydrogen-bond donors (Lipinski definition) is 0. The van der Waals surface area contributed by atoms with Crippen LogP contribution in [0.25, 0.3) is 0 Å². The molecule has 1 aliphatic rings. The number of sulfonamides is 1. The second kappa shape index (κ2) is 4.10. The first-order chi connectivity index (χ1) is 7.48. The molecule has 1 fully saturated rings. The van der Waals surface area contributed by atoms with Crippen LogP contribution in [0.3, 0.4) is 0 Å². The molecule has 0 aromatic carbocycles. The van der Waals surface area contributed by atoms with Crippen LogP contribution in [-0.2, 0) is 10.0 Å². The van der Waals surface area contributed by atoms with Gasteiger partial charge in [-0.1, -0.05) is 0 Å². The number of aromatic nitrogens is 2. The van der Waals surface area contributed by atoms with Crippen LogP contribution < -0.4 is 0 Å². The van der Waals surface area contributed by atoms with Gasteiger partial charge in [-0.2, -0.15) is 4.31 Å². The van der Waals surface area contributed by atoms with Gasteiger partial charge in [-0.3, -0.25) is 0 Å². The van der Waals surface area contributed by atoms with E-state index in [2.05, 4.69) is 9.97 Å². The maximum absolute atomic E-state index is 11.6. The normalized spacial score (nSPS) is 22.5. The fourth-order valence-electron chi connectivity index (χ4n) is 2.02. The highest BCUT2D eigenvalue weighted by Gasteiger charge is 2.34. The lowest BCUT2D eigenvalue weighted by atomic mass is 10.2. The molecule has 0 spiro atoms. The molecular formula is C10H15N3O2S. The predicted molar refractivity (Wildman–Crippen MR) is 60.3 cm³/mol. The lowest BCUT2D eigenvalue weighted by Gasteiger charge is -2.20. The molecule has 2 rings (SSSR count). The molecule has 1 aromatic heterocycles. The summed E-state index contributed by atoms with van der Waals surface area (Å²) in [5.41, 5.74) is 0.866. The van der Waals surface area contributed by atoms with Crippen molar-refractivity contribution in [3.8, 4) is 0 Å². The van der Waals surface area contributed by atoms with Crippen LogP contribution in [0.1, 0.15) is 30.4 Å². The SMILES string of the molecule is Cc1ccnc(C2CCCN2S(C)(=O)=O)n1. The van der Waals surface area contributed by atoms with Crippen molar-refractivity contribution >= 4 is 10.0 Å². The van der Waals surface area contributed by atoms with Crippen LogP contribution in [0.5, 0.6) is 0 Å². The van der Waals surface area contributed by atoms with E-state index in [1.165, 1.54) is 10.6 Å². The van der Waals surface area contributed by atoms with Crippen molar-refractivity contribution in [2.45, 2.75) is 25.8 Å². The van der Waals surface area contributed by atoms with Gasteiger partial charge in [0.2, 0.25) is 10.0 Å². The molecule has 6 heteroatoms. The van der Waals surface area contributed by atoms with Gasteiger partial charge in [0.05, 0.1) is 12.3 Å². The van der Waals surface area contributed by atoms with E-state index in [9.17, 15) is 8.42 Å². The topological polar surface area (TPSA) is 63.2 Å². The third-order valence-electron chi connectivity index (χ3n) is 2.74. The first-order valence-corrected chi connectivity index (χ1v) is 7.09. The zero-order valence-corrected chi connectivity index (χ0v) is 10.2. The average molecular weight is 241 g/mol. The van der Waals surface area contributed by atoms with E-state index in [1.807, 2.05) is 13.0 Å². The summed E-state index contributed by atoms with van der Waals surface area (Å²) in [4.78, 5) is 8.47. The molecule has 1 unspecified atom stereocenters. The number of nitrogens with zero attached hydrogens (tertiary/aromatic N) is 3. The van der Waals surface area contributed by atoms with E-state index in [1.54, 1.807) is 6.20 Å². The van der Waals surface area contributed by atoms with Crippen LogP contribution in [-0.4, -0.2) is 35.5 Å². The monoisotopic (exact) mass is 241 g/mol. The third kappa shape index (κ3) is 2.22. The van der Waals surface area contributed by atoms with Crippen LogP contribution >= 0.6 is 0 Å². The van der Waals surface area contributed by atoms with Crippen molar-refractivity contribution in [2.24, 2.45) is 0 Å². The van der Waals surface area contributed by atoms with E-state index in [0.29, 0.717) is 12.4 Å². The Morgan fingerprint density at radius 1 is 1.50 bits per heavy atom. The van der Waals surface area contributed by atoms with Crippen molar-refractivity contribution in [3.63, 3.8) is 0 Å². The summed E-state index contributed by atoms with van der Waals surface area (Å²) in [6.45, 7) is 2.45. The van der Waals surface area contributed by atoms with Crippen LogP contribution in [0.4, 0.5) is 0 Å². The molecule has 0 radical (unpaired) electrons. The zero-order chi connectivity index (χ0) is 11.8.